The number of aliphatic carboxylic acids is 1. The topological polar surface area (TPSA) is 95.9 Å². The first-order valence-electron chi connectivity index (χ1n) is 12.9. The molecule has 0 atom stereocenters. The first-order valence-corrected chi connectivity index (χ1v) is 12.9. The molecule has 0 unspecified atom stereocenters. The second kappa shape index (κ2) is 12.2. The molecule has 2 aromatic rings. The molecule has 2 fully saturated rings. The van der Waals surface area contributed by atoms with Crippen molar-refractivity contribution in [3.8, 4) is 5.75 Å². The second-order valence-electron chi connectivity index (χ2n) is 9.72. The summed E-state index contributed by atoms with van der Waals surface area (Å²) in [7, 11) is 0. The summed E-state index contributed by atoms with van der Waals surface area (Å²) >= 11 is 0. The standard InChI is InChI=1S/C28H32F2N2O5/c29-23-17-26(37-21-11-7-19(8-12-21)28(35)36)24(30)16-22(23)25(33)4-3-13-31-27(34)18-5-9-20(10-6-18)32-14-1-2-15-32/h5-6,9-10,16-17,19,21H,1-4,7-8,11-15H2,(H,31,34)(H,35,36). The van der Waals surface area contributed by atoms with Gasteiger partial charge in [0.05, 0.1) is 17.6 Å². The highest BCUT2D eigenvalue weighted by Gasteiger charge is 2.28. The summed E-state index contributed by atoms with van der Waals surface area (Å²) < 4.78 is 34.7. The Morgan fingerprint density at radius 2 is 1.65 bits per heavy atom. The lowest BCUT2D eigenvalue weighted by Crippen LogP contribution is -2.28. The zero-order chi connectivity index (χ0) is 26.4. The summed E-state index contributed by atoms with van der Waals surface area (Å²) in [5.41, 5.74) is 1.26. The summed E-state index contributed by atoms with van der Waals surface area (Å²) in [6.45, 7) is 2.27. The second-order valence-corrected chi connectivity index (χ2v) is 9.72. The predicted molar refractivity (Wildman–Crippen MR) is 134 cm³/mol. The number of ether oxygens (including phenoxy) is 1. The van der Waals surface area contributed by atoms with Gasteiger partial charge in [0.2, 0.25) is 0 Å². The molecule has 1 saturated carbocycles. The fourth-order valence-electron chi connectivity index (χ4n) is 4.93. The van der Waals surface area contributed by atoms with Crippen molar-refractivity contribution in [1.82, 2.24) is 5.32 Å². The highest BCUT2D eigenvalue weighted by atomic mass is 19.1. The van der Waals surface area contributed by atoms with Gasteiger partial charge in [0.15, 0.2) is 17.3 Å². The van der Waals surface area contributed by atoms with Crippen molar-refractivity contribution >= 4 is 23.3 Å². The van der Waals surface area contributed by atoms with Crippen LogP contribution in [0.3, 0.4) is 0 Å². The van der Waals surface area contributed by atoms with Gasteiger partial charge in [-0.15, -0.1) is 0 Å². The van der Waals surface area contributed by atoms with Crippen molar-refractivity contribution in [2.45, 2.75) is 57.5 Å². The fourth-order valence-corrected chi connectivity index (χ4v) is 4.93. The molecule has 1 aliphatic carbocycles. The molecule has 198 valence electrons. The van der Waals surface area contributed by atoms with Gasteiger partial charge in [-0.25, -0.2) is 8.78 Å². The Hall–Kier alpha value is -3.49. The number of rotatable bonds is 10. The molecule has 37 heavy (non-hydrogen) atoms. The molecular weight excluding hydrogens is 482 g/mol. The number of carboxylic acid groups (broad SMARTS) is 1. The summed E-state index contributed by atoms with van der Waals surface area (Å²) in [6.07, 6.45) is 3.89. The maximum atomic E-state index is 14.6. The SMILES string of the molecule is O=C(NCCCC(=O)c1cc(F)c(OC2CCC(C(=O)O)CC2)cc1F)c1ccc(N2CCCC2)cc1. The smallest absolute Gasteiger partial charge is 0.306 e. The van der Waals surface area contributed by atoms with Crippen LogP contribution in [0.15, 0.2) is 36.4 Å². The molecule has 0 radical (unpaired) electrons. The van der Waals surface area contributed by atoms with Gasteiger partial charge in [0.25, 0.3) is 5.91 Å². The molecule has 9 heteroatoms. The average molecular weight is 515 g/mol. The van der Waals surface area contributed by atoms with E-state index in [1.54, 1.807) is 12.1 Å². The Balaban J connectivity index is 1.23. The maximum absolute atomic E-state index is 14.6. The van der Waals surface area contributed by atoms with E-state index < -0.39 is 35.4 Å². The summed E-state index contributed by atoms with van der Waals surface area (Å²) in [6, 6.07) is 9.11. The van der Waals surface area contributed by atoms with Crippen LogP contribution in [-0.4, -0.2) is 48.5 Å². The molecule has 1 heterocycles. The number of hydrogen-bond donors (Lipinski definition) is 2. The minimum absolute atomic E-state index is 0.0516. The van der Waals surface area contributed by atoms with Crippen LogP contribution in [-0.2, 0) is 4.79 Å². The van der Waals surface area contributed by atoms with Crippen LogP contribution in [0, 0.1) is 17.6 Å². The van der Waals surface area contributed by atoms with Crippen LogP contribution in [0.4, 0.5) is 14.5 Å². The summed E-state index contributed by atoms with van der Waals surface area (Å²) in [5, 5.41) is 11.8. The number of amides is 1. The molecule has 1 amide bonds. The highest BCUT2D eigenvalue weighted by Crippen LogP contribution is 2.30. The Labute approximate surface area is 214 Å². The molecule has 7 nitrogen and oxygen atoms in total. The lowest BCUT2D eigenvalue weighted by molar-refractivity contribution is -0.143. The van der Waals surface area contributed by atoms with Gasteiger partial charge in [-0.3, -0.25) is 14.4 Å². The number of hydrogen-bond acceptors (Lipinski definition) is 5. The van der Waals surface area contributed by atoms with Crippen molar-refractivity contribution in [2.24, 2.45) is 5.92 Å². The Morgan fingerprint density at radius 1 is 0.973 bits per heavy atom. The number of carbonyl (C=O) groups excluding carboxylic acids is 2. The van der Waals surface area contributed by atoms with Crippen molar-refractivity contribution < 1.29 is 33.0 Å². The first kappa shape index (κ1) is 26.6. The number of carbonyl (C=O) groups is 3. The van der Waals surface area contributed by atoms with E-state index in [4.69, 9.17) is 9.84 Å². The summed E-state index contributed by atoms with van der Waals surface area (Å²) in [5.74, 6) is -4.10. The summed E-state index contributed by atoms with van der Waals surface area (Å²) in [4.78, 5) is 38.2. The van der Waals surface area contributed by atoms with Gasteiger partial charge in [-0.2, -0.15) is 0 Å². The monoisotopic (exact) mass is 514 g/mol. The van der Waals surface area contributed by atoms with Gasteiger partial charge < -0.3 is 20.1 Å². The molecule has 0 spiro atoms. The Morgan fingerprint density at radius 3 is 2.30 bits per heavy atom. The van der Waals surface area contributed by atoms with E-state index in [-0.39, 0.29) is 36.6 Å². The Kier molecular flexibility index (Phi) is 8.74. The number of anilines is 1. The lowest BCUT2D eigenvalue weighted by Gasteiger charge is -2.27. The number of benzene rings is 2. The number of Topliss-reactive ketones (excluding diaryl/α,β-unsaturated/α-hetero) is 1. The number of nitrogens with zero attached hydrogens (tertiary/aromatic N) is 1. The normalized spacial score (nSPS) is 19.5. The number of ketones is 1. The molecular formula is C28H32F2N2O5. The molecule has 1 saturated heterocycles. The quantitative estimate of drug-likeness (QED) is 0.343. The van der Waals surface area contributed by atoms with E-state index in [1.807, 2.05) is 12.1 Å². The van der Waals surface area contributed by atoms with E-state index in [0.29, 0.717) is 31.2 Å². The third-order valence-electron chi connectivity index (χ3n) is 7.11. The van der Waals surface area contributed by atoms with E-state index in [0.717, 1.165) is 30.9 Å². The van der Waals surface area contributed by atoms with Crippen LogP contribution in [0.2, 0.25) is 0 Å². The average Bonchev–Trinajstić information content (AvgIpc) is 3.44. The minimum Gasteiger partial charge on any atom is -0.487 e. The third kappa shape index (κ3) is 6.84. The predicted octanol–water partition coefficient (Wildman–Crippen LogP) is 4.98. The molecule has 2 aliphatic rings. The fraction of sp³-hybridized carbons (Fsp3) is 0.464. The van der Waals surface area contributed by atoms with Crippen molar-refractivity contribution in [2.75, 3.05) is 24.5 Å². The zero-order valence-corrected chi connectivity index (χ0v) is 20.7. The van der Waals surface area contributed by atoms with Crippen molar-refractivity contribution in [3.63, 3.8) is 0 Å². The number of halogens is 2. The van der Waals surface area contributed by atoms with Crippen LogP contribution in [0.25, 0.3) is 0 Å². The molecule has 2 aromatic carbocycles. The third-order valence-corrected chi connectivity index (χ3v) is 7.11. The van der Waals surface area contributed by atoms with E-state index >= 15 is 0 Å². The molecule has 1 aliphatic heterocycles. The first-order chi connectivity index (χ1) is 17.8. The van der Waals surface area contributed by atoms with E-state index in [2.05, 4.69) is 10.2 Å². The number of nitrogens with one attached hydrogen (secondary N) is 1. The van der Waals surface area contributed by atoms with Crippen LogP contribution in [0.1, 0.15) is 72.1 Å². The largest absolute Gasteiger partial charge is 0.487 e. The molecule has 2 N–H and O–H groups in total. The number of carboxylic acids is 1. The molecule has 0 bridgehead atoms. The van der Waals surface area contributed by atoms with E-state index in [9.17, 15) is 23.2 Å². The van der Waals surface area contributed by atoms with Gasteiger partial charge in [-0.05, 0) is 75.3 Å². The van der Waals surface area contributed by atoms with Crippen LogP contribution >= 0.6 is 0 Å². The van der Waals surface area contributed by atoms with Crippen molar-refractivity contribution in [3.05, 3.63) is 59.2 Å². The van der Waals surface area contributed by atoms with Gasteiger partial charge in [0, 0.05) is 43.4 Å². The van der Waals surface area contributed by atoms with Gasteiger partial charge in [-0.1, -0.05) is 0 Å². The van der Waals surface area contributed by atoms with E-state index in [1.165, 1.54) is 12.8 Å². The minimum atomic E-state index is -0.872. The maximum Gasteiger partial charge on any atom is 0.306 e. The van der Waals surface area contributed by atoms with Crippen molar-refractivity contribution in [1.29, 1.82) is 0 Å². The molecule has 4 rings (SSSR count). The zero-order valence-electron chi connectivity index (χ0n) is 20.7. The molecule has 0 aromatic heterocycles. The van der Waals surface area contributed by atoms with Crippen LogP contribution in [0.5, 0.6) is 5.75 Å². The van der Waals surface area contributed by atoms with Gasteiger partial charge in [0.1, 0.15) is 5.82 Å². The highest BCUT2D eigenvalue weighted by molar-refractivity contribution is 5.97. The van der Waals surface area contributed by atoms with Gasteiger partial charge >= 0.3 is 5.97 Å². The van der Waals surface area contributed by atoms with Crippen LogP contribution < -0.4 is 15.0 Å². The Bertz CT molecular complexity index is 1120. The lowest BCUT2D eigenvalue weighted by atomic mass is 9.87.